The fourth-order valence-corrected chi connectivity index (χ4v) is 1.66. The molecule has 2 atom stereocenters. The minimum atomic E-state index is -0.271. The van der Waals surface area contributed by atoms with Gasteiger partial charge in [0.2, 0.25) is 0 Å². The zero-order valence-electron chi connectivity index (χ0n) is 6.33. The first kappa shape index (κ1) is 6.86. The van der Waals surface area contributed by atoms with Gasteiger partial charge >= 0.3 is 0 Å². The van der Waals surface area contributed by atoms with E-state index in [0.717, 1.165) is 6.42 Å². The second-order valence-corrected chi connectivity index (χ2v) is 3.08. The summed E-state index contributed by atoms with van der Waals surface area (Å²) in [5, 5.41) is 9.46. The second-order valence-electron chi connectivity index (χ2n) is 3.08. The molecule has 0 spiro atoms. The van der Waals surface area contributed by atoms with Gasteiger partial charge in [0, 0.05) is 5.92 Å². The van der Waals surface area contributed by atoms with Crippen LogP contribution in [0.5, 0.6) is 0 Å². The Kier molecular flexibility index (Phi) is 1.46. The highest BCUT2D eigenvalue weighted by Gasteiger charge is 2.26. The predicted octanol–water partition coefficient (Wildman–Crippen LogP) is 1.52. The lowest BCUT2D eigenvalue weighted by Gasteiger charge is -2.07. The van der Waals surface area contributed by atoms with Crippen molar-refractivity contribution in [1.82, 2.24) is 0 Å². The van der Waals surface area contributed by atoms with Crippen LogP contribution in [0.15, 0.2) is 24.3 Å². The van der Waals surface area contributed by atoms with Crippen molar-refractivity contribution in [3.05, 3.63) is 42.3 Å². The molecule has 2 unspecified atom stereocenters. The fraction of sp³-hybridized carbons (Fsp3) is 0.300. The average molecular weight is 147 g/mol. The van der Waals surface area contributed by atoms with E-state index in [1.54, 1.807) is 0 Å². The Labute approximate surface area is 66.7 Å². The third-order valence-corrected chi connectivity index (χ3v) is 2.35. The lowest BCUT2D eigenvalue weighted by molar-refractivity contribution is 0.171. The van der Waals surface area contributed by atoms with E-state index in [1.165, 1.54) is 11.1 Å². The van der Waals surface area contributed by atoms with E-state index >= 15 is 0 Å². The van der Waals surface area contributed by atoms with Crippen LogP contribution in [0.2, 0.25) is 0 Å². The Morgan fingerprint density at radius 1 is 1.36 bits per heavy atom. The summed E-state index contributed by atoms with van der Waals surface area (Å²) in [6.45, 7) is 3.91. The van der Waals surface area contributed by atoms with Crippen molar-refractivity contribution in [1.29, 1.82) is 0 Å². The second kappa shape index (κ2) is 2.35. The van der Waals surface area contributed by atoms with Crippen molar-refractivity contribution >= 4 is 0 Å². The first-order valence-corrected chi connectivity index (χ1v) is 3.88. The average Bonchev–Trinajstić information content (AvgIpc) is 2.30. The zero-order valence-corrected chi connectivity index (χ0v) is 6.33. The van der Waals surface area contributed by atoms with Crippen molar-refractivity contribution in [3.63, 3.8) is 0 Å². The molecule has 1 nitrogen and oxygen atoms in total. The van der Waals surface area contributed by atoms with Gasteiger partial charge in [-0.05, 0) is 24.5 Å². The minimum absolute atomic E-state index is 0.0752. The summed E-state index contributed by atoms with van der Waals surface area (Å²) >= 11 is 0. The third-order valence-electron chi connectivity index (χ3n) is 2.35. The topological polar surface area (TPSA) is 20.2 Å². The molecule has 1 aromatic carbocycles. The molecule has 0 aromatic heterocycles. The van der Waals surface area contributed by atoms with Crippen LogP contribution in [-0.4, -0.2) is 11.2 Å². The summed E-state index contributed by atoms with van der Waals surface area (Å²) in [6.07, 6.45) is 0.497. The fourth-order valence-electron chi connectivity index (χ4n) is 1.66. The monoisotopic (exact) mass is 147 g/mol. The van der Waals surface area contributed by atoms with Crippen molar-refractivity contribution in [2.45, 2.75) is 18.4 Å². The van der Waals surface area contributed by atoms with Crippen LogP contribution in [-0.2, 0) is 6.42 Å². The molecule has 1 aliphatic rings. The quantitative estimate of drug-likeness (QED) is 0.590. The molecule has 0 heterocycles. The van der Waals surface area contributed by atoms with Crippen LogP contribution < -0.4 is 0 Å². The van der Waals surface area contributed by atoms with Gasteiger partial charge in [0.15, 0.2) is 0 Å². The van der Waals surface area contributed by atoms with Crippen LogP contribution in [0.4, 0.5) is 0 Å². The summed E-state index contributed by atoms with van der Waals surface area (Å²) in [6, 6.07) is 8.10. The summed E-state index contributed by atoms with van der Waals surface area (Å²) in [7, 11) is 0. The Hall–Kier alpha value is -0.820. The molecule has 1 N–H and O–H groups in total. The molecule has 2 rings (SSSR count). The van der Waals surface area contributed by atoms with Crippen molar-refractivity contribution in [2.75, 3.05) is 0 Å². The lowest BCUT2D eigenvalue weighted by Crippen LogP contribution is -2.09. The number of fused-ring (bicyclic) bond motifs is 1. The van der Waals surface area contributed by atoms with Crippen LogP contribution in [0.3, 0.4) is 0 Å². The first-order chi connectivity index (χ1) is 5.29. The van der Waals surface area contributed by atoms with Crippen LogP contribution in [0, 0.1) is 6.92 Å². The molecule has 57 valence electrons. The van der Waals surface area contributed by atoms with Crippen molar-refractivity contribution < 1.29 is 5.11 Å². The molecule has 1 heteroatoms. The molecule has 1 radical (unpaired) electrons. The molecule has 0 bridgehead atoms. The first-order valence-electron chi connectivity index (χ1n) is 3.88. The summed E-state index contributed by atoms with van der Waals surface area (Å²) in [4.78, 5) is 0. The highest BCUT2D eigenvalue weighted by molar-refractivity contribution is 5.37. The van der Waals surface area contributed by atoms with Gasteiger partial charge in [-0.15, -0.1) is 0 Å². The van der Waals surface area contributed by atoms with E-state index in [1.807, 2.05) is 18.2 Å². The van der Waals surface area contributed by atoms with Crippen molar-refractivity contribution in [3.8, 4) is 0 Å². The van der Waals surface area contributed by atoms with Crippen LogP contribution in [0.25, 0.3) is 0 Å². The Bertz CT molecular complexity index is 267. The number of hydrogen-bond acceptors (Lipinski definition) is 1. The van der Waals surface area contributed by atoms with E-state index < -0.39 is 0 Å². The van der Waals surface area contributed by atoms with E-state index in [9.17, 15) is 5.11 Å². The summed E-state index contributed by atoms with van der Waals surface area (Å²) in [5.74, 6) is 0.0752. The largest absolute Gasteiger partial charge is 0.392 e. The van der Waals surface area contributed by atoms with Gasteiger partial charge in [-0.3, -0.25) is 0 Å². The third kappa shape index (κ3) is 0.962. The maximum Gasteiger partial charge on any atom is 0.0649 e. The van der Waals surface area contributed by atoms with Crippen molar-refractivity contribution in [2.24, 2.45) is 0 Å². The number of aliphatic hydroxyl groups is 1. The van der Waals surface area contributed by atoms with E-state index in [-0.39, 0.29) is 12.0 Å². The van der Waals surface area contributed by atoms with Gasteiger partial charge in [-0.1, -0.05) is 24.3 Å². The minimum Gasteiger partial charge on any atom is -0.392 e. The Balaban J connectivity index is 2.47. The Morgan fingerprint density at radius 2 is 2.09 bits per heavy atom. The van der Waals surface area contributed by atoms with Gasteiger partial charge in [0.1, 0.15) is 0 Å². The van der Waals surface area contributed by atoms with Gasteiger partial charge in [-0.25, -0.2) is 0 Å². The summed E-state index contributed by atoms with van der Waals surface area (Å²) < 4.78 is 0. The molecule has 1 aromatic rings. The predicted molar refractivity (Wildman–Crippen MR) is 44.3 cm³/mol. The molecule has 0 fully saturated rings. The number of benzene rings is 1. The molecule has 1 aliphatic carbocycles. The van der Waals surface area contributed by atoms with E-state index in [0.29, 0.717) is 0 Å². The number of hydrogen-bond donors (Lipinski definition) is 1. The van der Waals surface area contributed by atoms with Crippen LogP contribution in [0.1, 0.15) is 17.0 Å². The van der Waals surface area contributed by atoms with Gasteiger partial charge in [0.25, 0.3) is 0 Å². The number of aliphatic hydroxyl groups excluding tert-OH is 1. The highest BCUT2D eigenvalue weighted by atomic mass is 16.3. The molecular formula is C10H11O. The summed E-state index contributed by atoms with van der Waals surface area (Å²) in [5.41, 5.74) is 2.46. The molecule has 0 amide bonds. The van der Waals surface area contributed by atoms with E-state index in [2.05, 4.69) is 13.0 Å². The zero-order chi connectivity index (χ0) is 7.84. The maximum atomic E-state index is 9.46. The van der Waals surface area contributed by atoms with Gasteiger partial charge in [-0.2, -0.15) is 0 Å². The Morgan fingerprint density at radius 3 is 2.82 bits per heavy atom. The van der Waals surface area contributed by atoms with Crippen LogP contribution >= 0.6 is 0 Å². The van der Waals surface area contributed by atoms with E-state index in [4.69, 9.17) is 0 Å². The molecule has 0 saturated carbocycles. The molecule has 0 aliphatic heterocycles. The molecule has 11 heavy (non-hydrogen) atoms. The van der Waals surface area contributed by atoms with Gasteiger partial charge in [0.05, 0.1) is 6.10 Å². The number of rotatable bonds is 0. The lowest BCUT2D eigenvalue weighted by atomic mass is 10.0. The standard InChI is InChI=1S/C10H11O/c1-7-9-5-3-2-4-8(9)6-10(7)11/h2-5,7,10-11H,1,6H2. The highest BCUT2D eigenvalue weighted by Crippen LogP contribution is 2.31. The molecule has 0 saturated heterocycles. The normalized spacial score (nSPS) is 28.5. The SMILES string of the molecule is [CH2]C1c2ccccc2CC1O. The maximum absolute atomic E-state index is 9.46. The van der Waals surface area contributed by atoms with Gasteiger partial charge < -0.3 is 5.11 Å². The molecular weight excluding hydrogens is 136 g/mol. The smallest absolute Gasteiger partial charge is 0.0649 e.